The third-order valence-electron chi connectivity index (χ3n) is 3.16. The van der Waals surface area contributed by atoms with Crippen molar-refractivity contribution in [1.29, 1.82) is 0 Å². The number of hydrogen-bond acceptors (Lipinski definition) is 1. The summed E-state index contributed by atoms with van der Waals surface area (Å²) in [5.41, 5.74) is 3.60. The Hall–Kier alpha value is -2.35. The van der Waals surface area contributed by atoms with Crippen LogP contribution in [0.3, 0.4) is 0 Å². The second kappa shape index (κ2) is 3.84. The van der Waals surface area contributed by atoms with Crippen molar-refractivity contribution < 1.29 is 4.79 Å². The lowest BCUT2D eigenvalue weighted by Gasteiger charge is -2.07. The smallest absolute Gasteiger partial charge is 0.250 e. The van der Waals surface area contributed by atoms with Gasteiger partial charge < -0.3 is 5.32 Å². The van der Waals surface area contributed by atoms with Gasteiger partial charge in [-0.3, -0.25) is 4.79 Å². The fraction of sp³-hybridized carbons (Fsp3) is 0.0625. The molecule has 0 unspecified atom stereocenters. The highest BCUT2D eigenvalue weighted by Crippen LogP contribution is 2.34. The molecule has 0 fully saturated rings. The molecule has 0 saturated carbocycles. The van der Waals surface area contributed by atoms with Crippen molar-refractivity contribution in [2.45, 2.75) is 6.92 Å². The molecule has 2 heteroatoms. The summed E-state index contributed by atoms with van der Waals surface area (Å²) < 4.78 is 0. The molecular formula is C16H13NO. The molecule has 1 aliphatic rings. The van der Waals surface area contributed by atoms with Crippen molar-refractivity contribution in [3.63, 3.8) is 0 Å². The first-order valence-electron chi connectivity index (χ1n) is 5.87. The second-order valence-electron chi connectivity index (χ2n) is 4.54. The molecular weight excluding hydrogens is 222 g/mol. The van der Waals surface area contributed by atoms with Gasteiger partial charge in [0.25, 0.3) is 5.91 Å². The average Bonchev–Trinajstić information content (AvgIpc) is 2.70. The number of carbonyl (C=O) groups excluding carboxylic acids is 1. The molecule has 88 valence electrons. The summed E-state index contributed by atoms with van der Waals surface area (Å²) in [6.07, 6.45) is 2.01. The normalized spacial score (nSPS) is 12.4. The molecule has 2 aromatic rings. The first kappa shape index (κ1) is 10.8. The van der Waals surface area contributed by atoms with Crippen molar-refractivity contribution in [1.82, 2.24) is 5.32 Å². The van der Waals surface area contributed by atoms with Crippen molar-refractivity contribution in [2.75, 3.05) is 0 Å². The first-order chi connectivity index (χ1) is 8.66. The topological polar surface area (TPSA) is 29.1 Å². The lowest BCUT2D eigenvalue weighted by atomic mass is 10.0. The van der Waals surface area contributed by atoms with Gasteiger partial charge in [-0.15, -0.1) is 0 Å². The van der Waals surface area contributed by atoms with Gasteiger partial charge in [0, 0.05) is 16.8 Å². The van der Waals surface area contributed by atoms with E-state index in [0.717, 1.165) is 16.8 Å². The molecule has 2 nitrogen and oxygen atoms in total. The molecule has 1 aliphatic carbocycles. The molecule has 0 saturated heterocycles. The van der Waals surface area contributed by atoms with Crippen LogP contribution in [-0.2, 0) is 4.79 Å². The van der Waals surface area contributed by atoms with Crippen LogP contribution >= 0.6 is 0 Å². The summed E-state index contributed by atoms with van der Waals surface area (Å²) in [6, 6.07) is 12.3. The Bertz CT molecular complexity index is 705. The van der Waals surface area contributed by atoms with Crippen molar-refractivity contribution in [3.8, 4) is 0 Å². The molecule has 0 bridgehead atoms. The predicted octanol–water partition coefficient (Wildman–Crippen LogP) is 3.34. The quantitative estimate of drug-likeness (QED) is 0.795. The van der Waals surface area contributed by atoms with E-state index >= 15 is 0 Å². The van der Waals surface area contributed by atoms with E-state index in [1.165, 1.54) is 10.8 Å². The number of rotatable bonds is 2. The number of benzene rings is 2. The lowest BCUT2D eigenvalue weighted by molar-refractivity contribution is -0.116. The number of nitrogens with one attached hydrogen (secondary N) is 1. The largest absolute Gasteiger partial charge is 0.322 e. The van der Waals surface area contributed by atoms with E-state index in [-0.39, 0.29) is 5.91 Å². The maximum atomic E-state index is 11.7. The Morgan fingerprint density at radius 2 is 1.89 bits per heavy atom. The van der Waals surface area contributed by atoms with Crippen LogP contribution in [0.1, 0.15) is 18.1 Å². The zero-order chi connectivity index (χ0) is 12.7. The second-order valence-corrected chi connectivity index (χ2v) is 4.54. The maximum Gasteiger partial charge on any atom is 0.250 e. The monoisotopic (exact) mass is 235 g/mol. The highest BCUT2D eigenvalue weighted by atomic mass is 16.1. The summed E-state index contributed by atoms with van der Waals surface area (Å²) in [6.45, 7) is 5.36. The van der Waals surface area contributed by atoms with Crippen molar-refractivity contribution >= 4 is 28.5 Å². The standard InChI is InChI=1S/C16H13NO/c1-10(2)16(18)17-14-9-12-7-3-5-11-6-4-8-13(14)15(11)12/h3-9H,1H2,2H3,(H,17,18). The molecule has 0 aromatic heterocycles. The van der Waals surface area contributed by atoms with Crippen LogP contribution in [0, 0.1) is 0 Å². The zero-order valence-electron chi connectivity index (χ0n) is 10.2. The fourth-order valence-corrected chi connectivity index (χ4v) is 2.28. The summed E-state index contributed by atoms with van der Waals surface area (Å²) in [5, 5.41) is 5.31. The summed E-state index contributed by atoms with van der Waals surface area (Å²) in [7, 11) is 0. The highest BCUT2D eigenvalue weighted by Gasteiger charge is 2.17. The van der Waals surface area contributed by atoms with Crippen molar-refractivity contribution in [2.24, 2.45) is 0 Å². The number of carbonyl (C=O) groups is 1. The third kappa shape index (κ3) is 1.54. The van der Waals surface area contributed by atoms with Crippen LogP contribution < -0.4 is 5.32 Å². The maximum absolute atomic E-state index is 11.7. The van der Waals surface area contributed by atoms with Crippen LogP contribution in [-0.4, -0.2) is 5.91 Å². The first-order valence-corrected chi connectivity index (χ1v) is 5.87. The molecule has 0 heterocycles. The third-order valence-corrected chi connectivity index (χ3v) is 3.16. The van der Waals surface area contributed by atoms with E-state index in [0.29, 0.717) is 5.57 Å². The minimum atomic E-state index is -0.133. The summed E-state index contributed by atoms with van der Waals surface area (Å²) in [4.78, 5) is 11.7. The van der Waals surface area contributed by atoms with Gasteiger partial charge in [0.1, 0.15) is 0 Å². The van der Waals surface area contributed by atoms with Gasteiger partial charge in [-0.1, -0.05) is 43.0 Å². The Morgan fingerprint density at radius 3 is 2.61 bits per heavy atom. The van der Waals surface area contributed by atoms with Crippen LogP contribution in [0.2, 0.25) is 0 Å². The predicted molar refractivity (Wildman–Crippen MR) is 74.8 cm³/mol. The van der Waals surface area contributed by atoms with Crippen LogP contribution in [0.4, 0.5) is 0 Å². The van der Waals surface area contributed by atoms with Crippen LogP contribution in [0.25, 0.3) is 22.5 Å². The highest BCUT2D eigenvalue weighted by molar-refractivity contribution is 6.12. The molecule has 1 amide bonds. The molecule has 18 heavy (non-hydrogen) atoms. The molecule has 0 aliphatic heterocycles. The minimum Gasteiger partial charge on any atom is -0.322 e. The minimum absolute atomic E-state index is 0.133. The number of hydrogen-bond donors (Lipinski definition) is 1. The van der Waals surface area contributed by atoms with Gasteiger partial charge in [0.05, 0.1) is 0 Å². The number of amides is 1. The Morgan fingerprint density at radius 1 is 1.17 bits per heavy atom. The lowest BCUT2D eigenvalue weighted by Crippen LogP contribution is -2.21. The summed E-state index contributed by atoms with van der Waals surface area (Å²) in [5.74, 6) is -0.133. The average molecular weight is 235 g/mol. The van der Waals surface area contributed by atoms with E-state index in [1.807, 2.05) is 24.3 Å². The van der Waals surface area contributed by atoms with E-state index in [9.17, 15) is 4.79 Å². The van der Waals surface area contributed by atoms with Gasteiger partial charge in [-0.2, -0.15) is 0 Å². The molecule has 2 aromatic carbocycles. The fourth-order valence-electron chi connectivity index (χ4n) is 2.28. The van der Waals surface area contributed by atoms with Gasteiger partial charge in [0.2, 0.25) is 0 Å². The summed E-state index contributed by atoms with van der Waals surface area (Å²) >= 11 is 0. The van der Waals surface area contributed by atoms with Crippen molar-refractivity contribution in [3.05, 3.63) is 59.7 Å². The van der Waals surface area contributed by atoms with Gasteiger partial charge in [-0.25, -0.2) is 0 Å². The Kier molecular flexibility index (Phi) is 2.30. The molecule has 3 rings (SSSR count). The molecule has 0 radical (unpaired) electrons. The van der Waals surface area contributed by atoms with Gasteiger partial charge >= 0.3 is 0 Å². The van der Waals surface area contributed by atoms with E-state index in [4.69, 9.17) is 0 Å². The molecule has 1 N–H and O–H groups in total. The van der Waals surface area contributed by atoms with Crippen LogP contribution in [0.5, 0.6) is 0 Å². The van der Waals surface area contributed by atoms with Gasteiger partial charge in [0.15, 0.2) is 0 Å². The van der Waals surface area contributed by atoms with E-state index < -0.39 is 0 Å². The Balaban J connectivity index is 2.10. The van der Waals surface area contributed by atoms with Gasteiger partial charge in [-0.05, 0) is 29.3 Å². The van der Waals surface area contributed by atoms with E-state index in [2.05, 4.69) is 30.1 Å². The molecule has 0 spiro atoms. The molecule has 0 atom stereocenters. The zero-order valence-corrected chi connectivity index (χ0v) is 10.2. The van der Waals surface area contributed by atoms with Crippen LogP contribution in [0.15, 0.2) is 48.6 Å². The van der Waals surface area contributed by atoms with E-state index in [1.54, 1.807) is 6.92 Å². The SMILES string of the molecule is C=C(C)C(=O)NC1=Cc2cccc3cccc1c23. The Labute approximate surface area is 106 Å².